The standard InChI is InChI=1S/C22H34O4/c1-20(2,25)26-16-11-13-7-5-6-9-21(13,3)14-8-10-22(4)17(24)12-15(23)19(22)18(14)16/h13-14,16,18-19,25H,5-12H2,1-4H3/t13?,14?,16-,18?,19?,21-,22+/m0/s1. The first kappa shape index (κ1) is 18.6. The van der Waals surface area contributed by atoms with E-state index in [1.54, 1.807) is 13.8 Å². The number of hydrogen-bond donors (Lipinski definition) is 1. The molecule has 4 aliphatic carbocycles. The summed E-state index contributed by atoms with van der Waals surface area (Å²) >= 11 is 0. The second-order valence-corrected chi connectivity index (χ2v) is 10.5. The van der Waals surface area contributed by atoms with E-state index in [2.05, 4.69) is 6.92 Å². The van der Waals surface area contributed by atoms with E-state index >= 15 is 0 Å². The van der Waals surface area contributed by atoms with Gasteiger partial charge in [-0.25, -0.2) is 0 Å². The molecule has 0 aromatic heterocycles. The lowest BCUT2D eigenvalue weighted by Crippen LogP contribution is -2.60. The van der Waals surface area contributed by atoms with E-state index in [1.807, 2.05) is 6.92 Å². The summed E-state index contributed by atoms with van der Waals surface area (Å²) in [6.45, 7) is 7.80. The Morgan fingerprint density at radius 2 is 1.85 bits per heavy atom. The summed E-state index contributed by atoms with van der Waals surface area (Å²) < 4.78 is 6.17. The van der Waals surface area contributed by atoms with Gasteiger partial charge in [-0.3, -0.25) is 9.59 Å². The van der Waals surface area contributed by atoms with Crippen LogP contribution in [0.4, 0.5) is 0 Å². The fraction of sp³-hybridized carbons (Fsp3) is 0.909. The van der Waals surface area contributed by atoms with Gasteiger partial charge in [-0.2, -0.15) is 0 Å². The number of carbonyl (C=O) groups excluding carboxylic acids is 2. The van der Waals surface area contributed by atoms with Crippen LogP contribution < -0.4 is 0 Å². The molecule has 26 heavy (non-hydrogen) atoms. The average molecular weight is 363 g/mol. The van der Waals surface area contributed by atoms with Crippen LogP contribution in [0.15, 0.2) is 0 Å². The van der Waals surface area contributed by atoms with E-state index in [0.717, 1.165) is 19.3 Å². The highest BCUT2D eigenvalue weighted by atomic mass is 16.6. The van der Waals surface area contributed by atoms with Crippen LogP contribution in [0.2, 0.25) is 0 Å². The van der Waals surface area contributed by atoms with E-state index in [1.165, 1.54) is 25.7 Å². The van der Waals surface area contributed by atoms with Gasteiger partial charge in [0.15, 0.2) is 5.79 Å². The van der Waals surface area contributed by atoms with Crippen molar-refractivity contribution in [2.75, 3.05) is 0 Å². The van der Waals surface area contributed by atoms with Crippen molar-refractivity contribution in [2.24, 2.45) is 34.5 Å². The minimum absolute atomic E-state index is 0.0680. The van der Waals surface area contributed by atoms with Crippen molar-refractivity contribution in [1.29, 1.82) is 0 Å². The molecule has 4 fully saturated rings. The van der Waals surface area contributed by atoms with Gasteiger partial charge in [-0.05, 0) is 69.1 Å². The zero-order valence-electron chi connectivity index (χ0n) is 16.7. The normalized spacial score (nSPS) is 48.7. The highest BCUT2D eigenvalue weighted by Gasteiger charge is 2.65. The van der Waals surface area contributed by atoms with Gasteiger partial charge in [0.1, 0.15) is 11.6 Å². The third kappa shape index (κ3) is 2.63. The highest BCUT2D eigenvalue weighted by molar-refractivity contribution is 6.10. The van der Waals surface area contributed by atoms with E-state index in [4.69, 9.17) is 4.74 Å². The van der Waals surface area contributed by atoms with Crippen LogP contribution in [0.25, 0.3) is 0 Å². The summed E-state index contributed by atoms with van der Waals surface area (Å²) in [6.07, 6.45) is 7.70. The summed E-state index contributed by atoms with van der Waals surface area (Å²) in [7, 11) is 0. The molecule has 4 aliphatic rings. The third-order valence-corrected chi connectivity index (χ3v) is 8.51. The number of Topliss-reactive ketones (excluding diaryl/α,β-unsaturated/α-hetero) is 2. The smallest absolute Gasteiger partial charge is 0.160 e. The van der Waals surface area contributed by atoms with Gasteiger partial charge in [-0.15, -0.1) is 0 Å². The molecule has 4 rings (SSSR count). The summed E-state index contributed by atoms with van der Waals surface area (Å²) in [5.41, 5.74) is -0.271. The molecule has 0 amide bonds. The quantitative estimate of drug-likeness (QED) is 0.598. The molecule has 0 aliphatic heterocycles. The third-order valence-electron chi connectivity index (χ3n) is 8.51. The molecule has 1 N–H and O–H groups in total. The van der Waals surface area contributed by atoms with Gasteiger partial charge in [0.05, 0.1) is 12.5 Å². The largest absolute Gasteiger partial charge is 0.366 e. The van der Waals surface area contributed by atoms with E-state index in [0.29, 0.717) is 11.8 Å². The highest BCUT2D eigenvalue weighted by Crippen LogP contribution is 2.65. The first-order chi connectivity index (χ1) is 12.1. The number of hydrogen-bond acceptors (Lipinski definition) is 4. The molecule has 0 spiro atoms. The van der Waals surface area contributed by atoms with Crippen molar-refractivity contribution in [3.8, 4) is 0 Å². The zero-order valence-corrected chi connectivity index (χ0v) is 16.7. The second kappa shape index (κ2) is 5.88. The predicted molar refractivity (Wildman–Crippen MR) is 98.3 cm³/mol. The van der Waals surface area contributed by atoms with Gasteiger partial charge in [0.25, 0.3) is 0 Å². The number of rotatable bonds is 2. The Labute approximate surface area is 157 Å². The molecular weight excluding hydrogens is 328 g/mol. The summed E-state index contributed by atoms with van der Waals surface area (Å²) in [5, 5.41) is 10.4. The molecule has 4 unspecified atom stereocenters. The first-order valence-electron chi connectivity index (χ1n) is 10.5. The Bertz CT molecular complexity index is 620. The minimum atomic E-state index is -1.21. The molecule has 0 radical (unpaired) electrons. The van der Waals surface area contributed by atoms with Gasteiger partial charge >= 0.3 is 0 Å². The molecule has 4 nitrogen and oxygen atoms in total. The van der Waals surface area contributed by atoms with E-state index in [-0.39, 0.29) is 41.3 Å². The van der Waals surface area contributed by atoms with Crippen LogP contribution in [0, 0.1) is 34.5 Å². The van der Waals surface area contributed by atoms with Gasteiger partial charge in [0.2, 0.25) is 0 Å². The number of fused-ring (bicyclic) bond motifs is 5. The van der Waals surface area contributed by atoms with Crippen molar-refractivity contribution in [3.63, 3.8) is 0 Å². The number of aliphatic hydroxyl groups is 1. The van der Waals surface area contributed by atoms with Crippen molar-refractivity contribution >= 4 is 11.6 Å². The average Bonchev–Trinajstić information content (AvgIpc) is 2.76. The maximum Gasteiger partial charge on any atom is 0.160 e. The molecule has 0 aromatic carbocycles. The zero-order chi connectivity index (χ0) is 18.9. The SMILES string of the molecule is CC(C)(O)O[C@H]1CC2CCCC[C@]2(C)C2CC[C@]3(C)C(=O)CC(=O)C3C21. The maximum absolute atomic E-state index is 12.9. The summed E-state index contributed by atoms with van der Waals surface area (Å²) in [6, 6.07) is 0. The van der Waals surface area contributed by atoms with Crippen molar-refractivity contribution in [2.45, 2.75) is 91.0 Å². The Balaban J connectivity index is 1.76. The van der Waals surface area contributed by atoms with Gasteiger partial charge in [-0.1, -0.05) is 26.7 Å². The molecule has 4 heteroatoms. The Kier molecular flexibility index (Phi) is 4.21. The fourth-order valence-electron chi connectivity index (χ4n) is 7.30. The van der Waals surface area contributed by atoms with E-state index in [9.17, 15) is 14.7 Å². The molecule has 0 aromatic rings. The lowest BCUT2D eigenvalue weighted by molar-refractivity contribution is -0.260. The van der Waals surface area contributed by atoms with Gasteiger partial charge in [0, 0.05) is 11.3 Å². The van der Waals surface area contributed by atoms with Crippen molar-refractivity contribution in [3.05, 3.63) is 0 Å². The predicted octanol–water partition coefficient (Wildman–Crippen LogP) is 3.89. The monoisotopic (exact) mass is 362 g/mol. The fourth-order valence-corrected chi connectivity index (χ4v) is 7.30. The van der Waals surface area contributed by atoms with E-state index < -0.39 is 11.2 Å². The Morgan fingerprint density at radius 3 is 2.54 bits per heavy atom. The van der Waals surface area contributed by atoms with Crippen molar-refractivity contribution < 1.29 is 19.4 Å². The first-order valence-corrected chi connectivity index (χ1v) is 10.5. The molecule has 146 valence electrons. The summed E-state index contributed by atoms with van der Waals surface area (Å²) in [4.78, 5) is 25.6. The number of carbonyl (C=O) groups is 2. The minimum Gasteiger partial charge on any atom is -0.366 e. The molecule has 7 atom stereocenters. The number of ether oxygens (including phenoxy) is 1. The van der Waals surface area contributed by atoms with Crippen LogP contribution in [0.3, 0.4) is 0 Å². The Morgan fingerprint density at radius 1 is 1.12 bits per heavy atom. The lowest BCUT2D eigenvalue weighted by atomic mass is 9.44. The van der Waals surface area contributed by atoms with Crippen LogP contribution >= 0.6 is 0 Å². The molecule has 0 bridgehead atoms. The maximum atomic E-state index is 12.9. The van der Waals surface area contributed by atoms with Crippen LogP contribution in [0.5, 0.6) is 0 Å². The van der Waals surface area contributed by atoms with Crippen LogP contribution in [-0.2, 0) is 14.3 Å². The summed E-state index contributed by atoms with van der Waals surface area (Å²) in [5.74, 6) is -0.0993. The lowest BCUT2D eigenvalue weighted by Gasteiger charge is -2.61. The molecule has 0 saturated heterocycles. The second-order valence-electron chi connectivity index (χ2n) is 10.5. The van der Waals surface area contributed by atoms with Crippen molar-refractivity contribution in [1.82, 2.24) is 0 Å². The van der Waals surface area contributed by atoms with Gasteiger partial charge < -0.3 is 9.84 Å². The van der Waals surface area contributed by atoms with Crippen LogP contribution in [0.1, 0.15) is 79.1 Å². The number of ketones is 2. The van der Waals surface area contributed by atoms with Crippen LogP contribution in [-0.4, -0.2) is 28.6 Å². The molecular formula is C22H34O4. The topological polar surface area (TPSA) is 63.6 Å². The Hall–Kier alpha value is -0.740. The molecule has 4 saturated carbocycles. The molecule has 0 heterocycles.